The number of ether oxygens (including phenoxy) is 1. The van der Waals surface area contributed by atoms with E-state index in [0.29, 0.717) is 0 Å². The van der Waals surface area contributed by atoms with Crippen LogP contribution < -0.4 is 4.90 Å². The SMILES string of the molecule is CC1C[C@@H]2O[C@@]1(C(F)(F)F)c1cc(C(=O)C(F)(F)F)c3ccccc3c1N2C. The Morgan fingerprint density at radius 2 is 1.75 bits per heavy atom. The molecule has 0 saturated carbocycles. The molecule has 2 bridgehead atoms. The molecule has 3 nitrogen and oxygen atoms in total. The van der Waals surface area contributed by atoms with E-state index < -0.39 is 47.0 Å². The Balaban J connectivity index is 2.14. The quantitative estimate of drug-likeness (QED) is 0.486. The van der Waals surface area contributed by atoms with Crippen molar-refractivity contribution in [1.29, 1.82) is 0 Å². The van der Waals surface area contributed by atoms with Gasteiger partial charge in [0.2, 0.25) is 0 Å². The monoisotopic (exact) mass is 403 g/mol. The lowest BCUT2D eigenvalue weighted by Gasteiger charge is -2.43. The molecule has 0 radical (unpaired) electrons. The molecule has 2 aromatic carbocycles. The molecule has 1 fully saturated rings. The zero-order valence-corrected chi connectivity index (χ0v) is 14.8. The highest BCUT2D eigenvalue weighted by atomic mass is 19.4. The van der Waals surface area contributed by atoms with Crippen molar-refractivity contribution in [2.45, 2.75) is 37.5 Å². The van der Waals surface area contributed by atoms with E-state index in [-0.39, 0.29) is 22.9 Å². The molecule has 28 heavy (non-hydrogen) atoms. The summed E-state index contributed by atoms with van der Waals surface area (Å²) in [5.74, 6) is -3.21. The van der Waals surface area contributed by atoms with Crippen molar-refractivity contribution in [3.63, 3.8) is 0 Å². The fraction of sp³-hybridized carbons (Fsp3) is 0.421. The van der Waals surface area contributed by atoms with Crippen LogP contribution in [0.3, 0.4) is 0 Å². The summed E-state index contributed by atoms with van der Waals surface area (Å²) in [6, 6.07) is 6.41. The van der Waals surface area contributed by atoms with Gasteiger partial charge in [0.25, 0.3) is 5.78 Å². The minimum atomic E-state index is -5.21. The maximum absolute atomic E-state index is 14.2. The van der Waals surface area contributed by atoms with Crippen LogP contribution in [0.5, 0.6) is 0 Å². The first-order valence-electron chi connectivity index (χ1n) is 8.54. The number of carbonyl (C=O) groups is 1. The van der Waals surface area contributed by atoms with Crippen LogP contribution in [-0.4, -0.2) is 31.4 Å². The van der Waals surface area contributed by atoms with Crippen molar-refractivity contribution in [3.05, 3.63) is 41.5 Å². The van der Waals surface area contributed by atoms with Gasteiger partial charge >= 0.3 is 12.4 Å². The van der Waals surface area contributed by atoms with E-state index in [2.05, 4.69) is 0 Å². The number of hydrogen-bond donors (Lipinski definition) is 0. The topological polar surface area (TPSA) is 29.5 Å². The van der Waals surface area contributed by atoms with Crippen LogP contribution >= 0.6 is 0 Å². The number of nitrogens with zero attached hydrogens (tertiary/aromatic N) is 1. The van der Waals surface area contributed by atoms with Gasteiger partial charge in [0, 0.05) is 29.5 Å². The van der Waals surface area contributed by atoms with Gasteiger partial charge in [-0.2, -0.15) is 26.3 Å². The number of halogens is 6. The Bertz CT molecular complexity index is 983. The standard InChI is InChI=1S/C19H15F6NO2/c1-9-7-14-26(2)15-11-6-4-3-5-10(11)12(16(27)18(20,21)22)8-13(15)17(9,28-14)19(23,24)25/h3-6,8-9,14H,7H2,1-2H3/t9?,14-,17+/m0/s1. The third kappa shape index (κ3) is 2.31. The summed E-state index contributed by atoms with van der Waals surface area (Å²) in [5, 5.41) is 0.118. The second kappa shape index (κ2) is 5.62. The second-order valence-corrected chi connectivity index (χ2v) is 7.25. The molecule has 9 heteroatoms. The van der Waals surface area contributed by atoms with Gasteiger partial charge < -0.3 is 9.64 Å². The maximum Gasteiger partial charge on any atom is 0.454 e. The van der Waals surface area contributed by atoms with E-state index in [9.17, 15) is 31.1 Å². The smallest absolute Gasteiger partial charge is 0.348 e. The summed E-state index contributed by atoms with van der Waals surface area (Å²) in [4.78, 5) is 13.5. The highest BCUT2D eigenvalue weighted by Gasteiger charge is 2.68. The van der Waals surface area contributed by atoms with Gasteiger partial charge in [-0.05, 0) is 17.9 Å². The first-order valence-corrected chi connectivity index (χ1v) is 8.54. The van der Waals surface area contributed by atoms with Crippen molar-refractivity contribution < 1.29 is 35.9 Å². The first kappa shape index (κ1) is 19.0. The van der Waals surface area contributed by atoms with E-state index in [4.69, 9.17) is 4.74 Å². The van der Waals surface area contributed by atoms with Crippen LogP contribution in [-0.2, 0) is 10.3 Å². The summed E-state index contributed by atoms with van der Waals surface area (Å²) < 4.78 is 87.4. The van der Waals surface area contributed by atoms with Crippen LogP contribution in [0.2, 0.25) is 0 Å². The Kier molecular flexibility index (Phi) is 3.82. The summed E-state index contributed by atoms with van der Waals surface area (Å²) in [6.45, 7) is 1.36. The van der Waals surface area contributed by atoms with Crippen LogP contribution in [0, 0.1) is 5.92 Å². The minimum Gasteiger partial charge on any atom is -0.348 e. The third-order valence-electron chi connectivity index (χ3n) is 5.70. The van der Waals surface area contributed by atoms with Gasteiger partial charge in [-0.1, -0.05) is 31.2 Å². The molecular formula is C19H15F6NO2. The number of hydrogen-bond acceptors (Lipinski definition) is 3. The first-order chi connectivity index (χ1) is 12.9. The second-order valence-electron chi connectivity index (χ2n) is 7.25. The van der Waals surface area contributed by atoms with Crippen molar-refractivity contribution in [2.75, 3.05) is 11.9 Å². The third-order valence-corrected chi connectivity index (χ3v) is 5.70. The van der Waals surface area contributed by atoms with Gasteiger partial charge in [-0.15, -0.1) is 0 Å². The highest BCUT2D eigenvalue weighted by Crippen LogP contribution is 2.61. The average Bonchev–Trinajstić information content (AvgIpc) is 2.92. The van der Waals surface area contributed by atoms with Gasteiger partial charge in [0.15, 0.2) is 5.60 Å². The van der Waals surface area contributed by atoms with Crippen LogP contribution in [0.4, 0.5) is 32.0 Å². The zero-order chi connectivity index (χ0) is 20.6. The molecule has 0 N–H and O–H groups in total. The Hall–Kier alpha value is -2.29. The zero-order valence-electron chi connectivity index (χ0n) is 14.8. The molecule has 0 amide bonds. The molecule has 2 heterocycles. The number of alkyl halides is 6. The van der Waals surface area contributed by atoms with Crippen molar-refractivity contribution >= 4 is 22.2 Å². The van der Waals surface area contributed by atoms with Crippen molar-refractivity contribution in [1.82, 2.24) is 0 Å². The predicted molar refractivity (Wildman–Crippen MR) is 89.1 cm³/mol. The molecule has 3 atom stereocenters. The number of rotatable bonds is 1. The van der Waals surface area contributed by atoms with E-state index in [0.717, 1.165) is 6.07 Å². The minimum absolute atomic E-state index is 0.0401. The van der Waals surface area contributed by atoms with Crippen LogP contribution in [0.25, 0.3) is 10.8 Å². The van der Waals surface area contributed by atoms with Crippen molar-refractivity contribution in [2.24, 2.45) is 5.92 Å². The summed E-state index contributed by atoms with van der Waals surface area (Å²) in [6.07, 6.45) is -10.9. The van der Waals surface area contributed by atoms with E-state index in [1.807, 2.05) is 0 Å². The molecule has 1 saturated heterocycles. The van der Waals surface area contributed by atoms with E-state index >= 15 is 0 Å². The molecular weight excluding hydrogens is 388 g/mol. The van der Waals surface area contributed by atoms with Crippen molar-refractivity contribution in [3.8, 4) is 0 Å². The summed E-state index contributed by atoms with van der Waals surface area (Å²) in [5.41, 5.74) is -3.87. The van der Waals surface area contributed by atoms with Gasteiger partial charge in [0.1, 0.15) is 6.23 Å². The van der Waals surface area contributed by atoms with Gasteiger partial charge in [-0.3, -0.25) is 4.79 Å². The lowest BCUT2D eigenvalue weighted by Crippen LogP contribution is -2.51. The normalized spacial score (nSPS) is 27.2. The maximum atomic E-state index is 14.2. The average molecular weight is 403 g/mol. The number of fused-ring (bicyclic) bond motifs is 6. The molecule has 0 aromatic heterocycles. The molecule has 2 aliphatic heterocycles. The molecule has 0 spiro atoms. The predicted octanol–water partition coefficient (Wildman–Crippen LogP) is 5.17. The largest absolute Gasteiger partial charge is 0.454 e. The molecule has 1 unspecified atom stereocenters. The number of ketones is 1. The lowest BCUT2D eigenvalue weighted by molar-refractivity contribution is -0.291. The summed E-state index contributed by atoms with van der Waals surface area (Å²) in [7, 11) is 1.54. The fourth-order valence-corrected chi connectivity index (χ4v) is 4.42. The van der Waals surface area contributed by atoms with Gasteiger partial charge in [-0.25, -0.2) is 0 Å². The van der Waals surface area contributed by atoms with E-state index in [1.165, 1.54) is 36.1 Å². The molecule has 0 aliphatic carbocycles. The molecule has 2 aliphatic rings. The van der Waals surface area contributed by atoms with E-state index in [1.54, 1.807) is 7.05 Å². The number of anilines is 1. The molecule has 2 aromatic rings. The number of Topliss-reactive ketones (excluding diaryl/α,β-unsaturated/α-hetero) is 1. The van der Waals surface area contributed by atoms with Crippen LogP contribution in [0.1, 0.15) is 29.3 Å². The Morgan fingerprint density at radius 1 is 1.14 bits per heavy atom. The number of carbonyl (C=O) groups excluding carboxylic acids is 1. The fourth-order valence-electron chi connectivity index (χ4n) is 4.42. The van der Waals surface area contributed by atoms with Crippen LogP contribution in [0.15, 0.2) is 30.3 Å². The summed E-state index contributed by atoms with van der Waals surface area (Å²) >= 11 is 0. The Morgan fingerprint density at radius 3 is 2.32 bits per heavy atom. The number of benzene rings is 2. The highest BCUT2D eigenvalue weighted by molar-refractivity contribution is 6.14. The Labute approximate surface area is 155 Å². The van der Waals surface area contributed by atoms with Gasteiger partial charge in [0.05, 0.1) is 5.69 Å². The molecule has 150 valence electrons. The lowest BCUT2D eigenvalue weighted by atomic mass is 9.79. The molecule has 4 rings (SSSR count).